The average Bonchev–Trinajstić information content (AvgIpc) is 2.62. The number of aryl methyl sites for hydroxylation is 1. The first kappa shape index (κ1) is 15.7. The maximum Gasteiger partial charge on any atom is 0.131 e. The van der Waals surface area contributed by atoms with Crippen LogP contribution < -0.4 is 0 Å². The van der Waals surface area contributed by atoms with Crippen molar-refractivity contribution in [2.24, 2.45) is 0 Å². The van der Waals surface area contributed by atoms with Crippen LogP contribution in [0.25, 0.3) is 0 Å². The van der Waals surface area contributed by atoms with Gasteiger partial charge in [0.15, 0.2) is 0 Å². The molecule has 4 heteroatoms. The molecule has 3 heterocycles. The molecule has 1 fully saturated rings. The van der Waals surface area contributed by atoms with Crippen LogP contribution in [-0.4, -0.2) is 26.4 Å². The van der Waals surface area contributed by atoms with E-state index in [-0.39, 0.29) is 0 Å². The highest BCUT2D eigenvalue weighted by molar-refractivity contribution is 5.22. The molecular weight excluding hydrogens is 296 g/mol. The van der Waals surface area contributed by atoms with E-state index in [2.05, 4.69) is 41.2 Å². The van der Waals surface area contributed by atoms with Gasteiger partial charge in [-0.15, -0.1) is 0 Å². The van der Waals surface area contributed by atoms with Crippen molar-refractivity contribution in [1.29, 1.82) is 0 Å². The van der Waals surface area contributed by atoms with Gasteiger partial charge in [-0.3, -0.25) is 9.88 Å². The maximum absolute atomic E-state index is 4.94. The third kappa shape index (κ3) is 3.48. The van der Waals surface area contributed by atoms with Crippen LogP contribution in [-0.2, 0) is 19.5 Å². The summed E-state index contributed by atoms with van der Waals surface area (Å²) in [5.74, 6) is 1.70. The first-order valence-corrected chi connectivity index (χ1v) is 9.27. The molecule has 0 saturated heterocycles. The molecule has 126 valence electrons. The Kier molecular flexibility index (Phi) is 4.56. The summed E-state index contributed by atoms with van der Waals surface area (Å²) in [7, 11) is 0. The van der Waals surface area contributed by atoms with Crippen LogP contribution in [0.3, 0.4) is 0 Å². The lowest BCUT2D eigenvalue weighted by Gasteiger charge is -2.28. The standard InChI is InChI=1S/C20H26N4/c1-15-6-5-9-18(22-15)14-24-11-10-19-17(13-24)12-21-20(23-19)16-7-3-2-4-8-16/h5-6,9,12,16H,2-4,7-8,10-11,13-14H2,1H3. The van der Waals surface area contributed by atoms with Crippen LogP contribution in [0.4, 0.5) is 0 Å². The van der Waals surface area contributed by atoms with E-state index in [0.717, 1.165) is 43.3 Å². The Morgan fingerprint density at radius 1 is 1.12 bits per heavy atom. The molecule has 24 heavy (non-hydrogen) atoms. The number of fused-ring (bicyclic) bond motifs is 1. The van der Waals surface area contributed by atoms with Crippen LogP contribution in [0.1, 0.15) is 66.5 Å². The number of aromatic nitrogens is 3. The summed E-state index contributed by atoms with van der Waals surface area (Å²) in [5, 5.41) is 0. The van der Waals surface area contributed by atoms with Crippen molar-refractivity contribution < 1.29 is 0 Å². The molecular formula is C20H26N4. The molecule has 1 aliphatic heterocycles. The molecule has 0 bridgehead atoms. The molecule has 4 nitrogen and oxygen atoms in total. The fourth-order valence-corrected chi connectivity index (χ4v) is 4.00. The minimum atomic E-state index is 0.596. The molecule has 0 unspecified atom stereocenters. The largest absolute Gasteiger partial charge is 0.293 e. The summed E-state index contributed by atoms with van der Waals surface area (Å²) < 4.78 is 0. The van der Waals surface area contributed by atoms with Gasteiger partial charge in [-0.2, -0.15) is 0 Å². The molecule has 0 N–H and O–H groups in total. The van der Waals surface area contributed by atoms with Gasteiger partial charge in [-0.05, 0) is 31.9 Å². The molecule has 2 aromatic heterocycles. The SMILES string of the molecule is Cc1cccc(CN2CCc3nc(C4CCCCC4)ncc3C2)n1. The minimum Gasteiger partial charge on any atom is -0.293 e. The Balaban J connectivity index is 1.45. The summed E-state index contributed by atoms with van der Waals surface area (Å²) >= 11 is 0. The Morgan fingerprint density at radius 3 is 2.83 bits per heavy atom. The summed E-state index contributed by atoms with van der Waals surface area (Å²) in [6, 6.07) is 6.26. The second kappa shape index (κ2) is 6.98. The van der Waals surface area contributed by atoms with Gasteiger partial charge in [0.25, 0.3) is 0 Å². The highest BCUT2D eigenvalue weighted by atomic mass is 15.1. The van der Waals surface area contributed by atoms with Crippen molar-refractivity contribution in [3.63, 3.8) is 0 Å². The van der Waals surface area contributed by atoms with Crippen LogP contribution in [0, 0.1) is 6.92 Å². The van der Waals surface area contributed by atoms with E-state index in [4.69, 9.17) is 9.97 Å². The predicted octanol–water partition coefficient (Wildman–Crippen LogP) is 3.79. The van der Waals surface area contributed by atoms with Gasteiger partial charge < -0.3 is 0 Å². The van der Waals surface area contributed by atoms with E-state index < -0.39 is 0 Å². The number of hydrogen-bond acceptors (Lipinski definition) is 4. The highest BCUT2D eigenvalue weighted by Crippen LogP contribution is 2.31. The topological polar surface area (TPSA) is 41.9 Å². The van der Waals surface area contributed by atoms with E-state index in [1.165, 1.54) is 43.4 Å². The van der Waals surface area contributed by atoms with Crippen LogP contribution in [0.2, 0.25) is 0 Å². The van der Waals surface area contributed by atoms with Crippen LogP contribution in [0.15, 0.2) is 24.4 Å². The number of hydrogen-bond donors (Lipinski definition) is 0. The third-order valence-electron chi connectivity index (χ3n) is 5.33. The summed E-state index contributed by atoms with van der Waals surface area (Å²) in [6.45, 7) is 4.96. The van der Waals surface area contributed by atoms with Crippen molar-refractivity contribution in [3.05, 3.63) is 52.9 Å². The predicted molar refractivity (Wildman–Crippen MR) is 94.7 cm³/mol. The Labute approximate surface area is 144 Å². The van der Waals surface area contributed by atoms with E-state index in [1.807, 2.05) is 0 Å². The molecule has 0 amide bonds. The highest BCUT2D eigenvalue weighted by Gasteiger charge is 2.22. The fourth-order valence-electron chi connectivity index (χ4n) is 4.00. The summed E-state index contributed by atoms with van der Waals surface area (Å²) in [6.07, 6.45) is 9.70. The molecule has 2 aliphatic rings. The monoisotopic (exact) mass is 322 g/mol. The lowest BCUT2D eigenvalue weighted by Crippen LogP contribution is -2.31. The van der Waals surface area contributed by atoms with Gasteiger partial charge in [-0.1, -0.05) is 25.3 Å². The van der Waals surface area contributed by atoms with Crippen molar-refractivity contribution in [2.75, 3.05) is 6.54 Å². The molecule has 1 saturated carbocycles. The lowest BCUT2D eigenvalue weighted by atomic mass is 9.88. The fraction of sp³-hybridized carbons (Fsp3) is 0.550. The second-order valence-electron chi connectivity index (χ2n) is 7.27. The average molecular weight is 322 g/mol. The number of pyridine rings is 1. The molecule has 0 radical (unpaired) electrons. The van der Waals surface area contributed by atoms with E-state index in [0.29, 0.717) is 5.92 Å². The smallest absolute Gasteiger partial charge is 0.131 e. The zero-order valence-corrected chi connectivity index (χ0v) is 14.5. The number of rotatable bonds is 3. The van der Waals surface area contributed by atoms with Gasteiger partial charge in [-0.25, -0.2) is 9.97 Å². The Hall–Kier alpha value is -1.81. The van der Waals surface area contributed by atoms with Crippen molar-refractivity contribution >= 4 is 0 Å². The lowest BCUT2D eigenvalue weighted by molar-refractivity contribution is 0.239. The molecule has 1 aliphatic carbocycles. The van der Waals surface area contributed by atoms with E-state index >= 15 is 0 Å². The van der Waals surface area contributed by atoms with Crippen molar-refractivity contribution in [2.45, 2.75) is 64.5 Å². The van der Waals surface area contributed by atoms with Crippen LogP contribution >= 0.6 is 0 Å². The normalized spacial score (nSPS) is 19.2. The van der Waals surface area contributed by atoms with Gasteiger partial charge in [0.05, 0.1) is 5.69 Å². The first-order chi connectivity index (χ1) is 11.8. The third-order valence-corrected chi connectivity index (χ3v) is 5.33. The van der Waals surface area contributed by atoms with E-state index in [1.54, 1.807) is 0 Å². The molecule has 4 rings (SSSR count). The zero-order valence-electron chi connectivity index (χ0n) is 14.5. The molecule has 0 aromatic carbocycles. The molecule has 0 spiro atoms. The van der Waals surface area contributed by atoms with Crippen molar-refractivity contribution in [3.8, 4) is 0 Å². The second-order valence-corrected chi connectivity index (χ2v) is 7.27. The van der Waals surface area contributed by atoms with Gasteiger partial charge in [0.1, 0.15) is 5.82 Å². The molecule has 2 aromatic rings. The zero-order chi connectivity index (χ0) is 16.4. The number of nitrogens with zero attached hydrogens (tertiary/aromatic N) is 4. The van der Waals surface area contributed by atoms with Gasteiger partial charge >= 0.3 is 0 Å². The maximum atomic E-state index is 4.94. The van der Waals surface area contributed by atoms with Gasteiger partial charge in [0, 0.05) is 55.1 Å². The quantitative estimate of drug-likeness (QED) is 0.862. The molecule has 0 atom stereocenters. The van der Waals surface area contributed by atoms with Gasteiger partial charge in [0.2, 0.25) is 0 Å². The first-order valence-electron chi connectivity index (χ1n) is 9.27. The van der Waals surface area contributed by atoms with Crippen LogP contribution in [0.5, 0.6) is 0 Å². The Bertz CT molecular complexity index is 707. The van der Waals surface area contributed by atoms with Crippen molar-refractivity contribution in [1.82, 2.24) is 19.9 Å². The summed E-state index contributed by atoms with van der Waals surface area (Å²) in [4.78, 5) is 16.7. The minimum absolute atomic E-state index is 0.596. The van der Waals surface area contributed by atoms with E-state index in [9.17, 15) is 0 Å². The Morgan fingerprint density at radius 2 is 2.00 bits per heavy atom. The summed E-state index contributed by atoms with van der Waals surface area (Å²) in [5.41, 5.74) is 4.82.